The van der Waals surface area contributed by atoms with E-state index in [9.17, 15) is 0 Å². The molecule has 3 heteroatoms. The Balaban J connectivity index is 2.00. The number of rotatable bonds is 6. The average Bonchev–Trinajstić information content (AvgIpc) is 2.47. The van der Waals surface area contributed by atoms with Crippen molar-refractivity contribution in [2.75, 3.05) is 11.4 Å². The second-order valence-electron chi connectivity index (χ2n) is 5.47. The van der Waals surface area contributed by atoms with Crippen molar-refractivity contribution in [1.29, 1.82) is 0 Å². The predicted molar refractivity (Wildman–Crippen MR) is 93.7 cm³/mol. The summed E-state index contributed by atoms with van der Waals surface area (Å²) in [5.74, 6) is 0. The van der Waals surface area contributed by atoms with Crippen molar-refractivity contribution in [3.63, 3.8) is 0 Å². The van der Waals surface area contributed by atoms with Gasteiger partial charge < -0.3 is 4.90 Å². The summed E-state index contributed by atoms with van der Waals surface area (Å²) in [4.78, 5) is 2.37. The third-order valence-corrected chi connectivity index (χ3v) is 4.30. The average molecular weight is 322 g/mol. The molecule has 0 radical (unpaired) electrons. The van der Waals surface area contributed by atoms with Gasteiger partial charge in [0.25, 0.3) is 0 Å². The first-order valence-corrected chi connectivity index (χ1v) is 8.09. The predicted octanol–water partition coefficient (Wildman–Crippen LogP) is 5.84. The van der Waals surface area contributed by atoms with E-state index in [1.165, 1.54) is 5.56 Å². The molecule has 0 aliphatic carbocycles. The van der Waals surface area contributed by atoms with Gasteiger partial charge in [0.1, 0.15) is 0 Å². The lowest BCUT2D eigenvalue weighted by Gasteiger charge is -2.29. The molecule has 0 heterocycles. The monoisotopic (exact) mass is 321 g/mol. The van der Waals surface area contributed by atoms with Crippen molar-refractivity contribution in [3.05, 3.63) is 64.1 Å². The summed E-state index contributed by atoms with van der Waals surface area (Å²) in [6.07, 6.45) is 2.20. The Labute approximate surface area is 137 Å². The zero-order valence-corrected chi connectivity index (χ0v) is 14.0. The molecule has 2 aromatic carbocycles. The van der Waals surface area contributed by atoms with Gasteiger partial charge in [-0.3, -0.25) is 0 Å². The number of hydrogen-bond acceptors (Lipinski definition) is 1. The Morgan fingerprint density at radius 3 is 2.29 bits per heavy atom. The van der Waals surface area contributed by atoms with Gasteiger partial charge in [-0.25, -0.2) is 0 Å². The maximum absolute atomic E-state index is 6.13. The first-order valence-electron chi connectivity index (χ1n) is 7.33. The minimum atomic E-state index is 0.429. The SMILES string of the molecule is CC(C)N(CCCc1ccccc1)c1ccc(Cl)c(Cl)c1. The fourth-order valence-electron chi connectivity index (χ4n) is 2.45. The van der Waals surface area contributed by atoms with Crippen LogP contribution in [-0.2, 0) is 6.42 Å². The maximum atomic E-state index is 6.13. The van der Waals surface area contributed by atoms with Gasteiger partial charge in [-0.05, 0) is 50.5 Å². The third-order valence-electron chi connectivity index (χ3n) is 3.57. The molecule has 112 valence electrons. The highest BCUT2D eigenvalue weighted by Gasteiger charge is 2.11. The van der Waals surface area contributed by atoms with E-state index in [1.54, 1.807) is 0 Å². The van der Waals surface area contributed by atoms with E-state index in [2.05, 4.69) is 49.1 Å². The summed E-state index contributed by atoms with van der Waals surface area (Å²) in [6.45, 7) is 5.40. The molecule has 0 saturated heterocycles. The molecule has 2 aromatic rings. The zero-order valence-electron chi connectivity index (χ0n) is 12.5. The van der Waals surface area contributed by atoms with Gasteiger partial charge in [0, 0.05) is 18.3 Å². The van der Waals surface area contributed by atoms with Gasteiger partial charge in [-0.2, -0.15) is 0 Å². The molecule has 0 fully saturated rings. The lowest BCUT2D eigenvalue weighted by Crippen LogP contribution is -2.31. The molecule has 0 unspecified atom stereocenters. The Bertz CT molecular complexity index is 567. The Morgan fingerprint density at radius 1 is 0.952 bits per heavy atom. The van der Waals surface area contributed by atoms with Crippen LogP contribution in [0.2, 0.25) is 10.0 Å². The van der Waals surface area contributed by atoms with Crippen LogP contribution in [0.25, 0.3) is 0 Å². The summed E-state index contributed by atoms with van der Waals surface area (Å²) in [5.41, 5.74) is 2.52. The lowest BCUT2D eigenvalue weighted by atomic mass is 10.1. The number of nitrogens with zero attached hydrogens (tertiary/aromatic N) is 1. The smallest absolute Gasteiger partial charge is 0.0612 e. The van der Waals surface area contributed by atoms with Crippen LogP contribution in [0.3, 0.4) is 0 Å². The fraction of sp³-hybridized carbons (Fsp3) is 0.333. The van der Waals surface area contributed by atoms with Crippen LogP contribution in [-0.4, -0.2) is 12.6 Å². The van der Waals surface area contributed by atoms with E-state index in [-0.39, 0.29) is 0 Å². The van der Waals surface area contributed by atoms with Crippen molar-refractivity contribution < 1.29 is 0 Å². The highest BCUT2D eigenvalue weighted by atomic mass is 35.5. The fourth-order valence-corrected chi connectivity index (χ4v) is 2.74. The van der Waals surface area contributed by atoms with E-state index in [1.807, 2.05) is 18.2 Å². The molecular weight excluding hydrogens is 301 g/mol. The molecule has 1 nitrogen and oxygen atoms in total. The molecule has 0 atom stereocenters. The Morgan fingerprint density at radius 2 is 1.67 bits per heavy atom. The normalized spacial score (nSPS) is 10.9. The molecule has 0 aliphatic rings. The molecule has 0 saturated carbocycles. The minimum Gasteiger partial charge on any atom is -0.369 e. The summed E-state index contributed by atoms with van der Waals surface area (Å²) < 4.78 is 0. The molecule has 0 amide bonds. The van der Waals surface area contributed by atoms with Gasteiger partial charge in [-0.15, -0.1) is 0 Å². The molecule has 0 bridgehead atoms. The van der Waals surface area contributed by atoms with E-state index < -0.39 is 0 Å². The summed E-state index contributed by atoms with van der Waals surface area (Å²) >= 11 is 12.1. The van der Waals surface area contributed by atoms with Crippen LogP contribution in [0, 0.1) is 0 Å². The molecule has 0 N–H and O–H groups in total. The van der Waals surface area contributed by atoms with Gasteiger partial charge in [0.2, 0.25) is 0 Å². The Hall–Kier alpha value is -1.18. The number of halogens is 2. The van der Waals surface area contributed by atoms with E-state index >= 15 is 0 Å². The first kappa shape index (κ1) is 16.2. The largest absolute Gasteiger partial charge is 0.369 e. The number of anilines is 1. The molecule has 2 rings (SSSR count). The van der Waals surface area contributed by atoms with E-state index in [4.69, 9.17) is 23.2 Å². The zero-order chi connectivity index (χ0) is 15.2. The van der Waals surface area contributed by atoms with Crippen LogP contribution < -0.4 is 4.90 Å². The quantitative estimate of drug-likeness (QED) is 0.645. The summed E-state index contributed by atoms with van der Waals surface area (Å²) in [5, 5.41) is 1.22. The number of aryl methyl sites for hydroxylation is 1. The highest BCUT2D eigenvalue weighted by Crippen LogP contribution is 2.28. The lowest BCUT2D eigenvalue weighted by molar-refractivity contribution is 0.652. The topological polar surface area (TPSA) is 3.24 Å². The first-order chi connectivity index (χ1) is 10.1. The van der Waals surface area contributed by atoms with Gasteiger partial charge in [0.15, 0.2) is 0 Å². The maximum Gasteiger partial charge on any atom is 0.0612 e. The van der Waals surface area contributed by atoms with Crippen molar-refractivity contribution in [2.24, 2.45) is 0 Å². The second-order valence-corrected chi connectivity index (χ2v) is 6.29. The van der Waals surface area contributed by atoms with Crippen LogP contribution in [0.1, 0.15) is 25.8 Å². The van der Waals surface area contributed by atoms with Crippen LogP contribution in [0.5, 0.6) is 0 Å². The van der Waals surface area contributed by atoms with E-state index in [0.717, 1.165) is 25.1 Å². The van der Waals surface area contributed by atoms with Gasteiger partial charge in [0.05, 0.1) is 10.0 Å². The van der Waals surface area contributed by atoms with Gasteiger partial charge in [-0.1, -0.05) is 53.5 Å². The Kier molecular flexibility index (Phi) is 5.96. The minimum absolute atomic E-state index is 0.429. The van der Waals surface area contributed by atoms with Crippen LogP contribution in [0.15, 0.2) is 48.5 Å². The van der Waals surface area contributed by atoms with Crippen LogP contribution in [0.4, 0.5) is 5.69 Å². The molecule has 0 aromatic heterocycles. The highest BCUT2D eigenvalue weighted by molar-refractivity contribution is 6.42. The van der Waals surface area contributed by atoms with Crippen molar-refractivity contribution in [1.82, 2.24) is 0 Å². The molecule has 0 spiro atoms. The standard InChI is InChI=1S/C18H21Cl2N/c1-14(2)21(16-10-11-17(19)18(20)13-16)12-6-9-15-7-4-3-5-8-15/h3-5,7-8,10-11,13-14H,6,9,12H2,1-2H3. The van der Waals surface area contributed by atoms with Crippen LogP contribution >= 0.6 is 23.2 Å². The third kappa shape index (κ3) is 4.66. The second kappa shape index (κ2) is 7.72. The number of benzene rings is 2. The van der Waals surface area contributed by atoms with Crippen molar-refractivity contribution in [3.8, 4) is 0 Å². The molecular formula is C18H21Cl2N. The summed E-state index contributed by atoms with van der Waals surface area (Å²) in [6, 6.07) is 16.9. The van der Waals surface area contributed by atoms with E-state index in [0.29, 0.717) is 16.1 Å². The van der Waals surface area contributed by atoms with Gasteiger partial charge >= 0.3 is 0 Å². The molecule has 21 heavy (non-hydrogen) atoms. The summed E-state index contributed by atoms with van der Waals surface area (Å²) in [7, 11) is 0. The molecule has 0 aliphatic heterocycles. The van der Waals surface area contributed by atoms with Crippen molar-refractivity contribution >= 4 is 28.9 Å². The number of hydrogen-bond donors (Lipinski definition) is 0. The van der Waals surface area contributed by atoms with Crippen molar-refractivity contribution in [2.45, 2.75) is 32.7 Å².